The van der Waals surface area contributed by atoms with Crippen LogP contribution in [0.1, 0.15) is 15.9 Å². The molecule has 0 aromatic heterocycles. The smallest absolute Gasteiger partial charge is 0.193 e. The number of carbonyl (C=O) groups is 1. The Balaban J connectivity index is 2.35. The number of aliphatic hydroxyl groups is 1. The molecule has 2 N–H and O–H groups in total. The van der Waals surface area contributed by atoms with Crippen molar-refractivity contribution in [1.29, 1.82) is 0 Å². The standard InChI is InChI=1S/C17H15ClO5/c1-22-16-6-3-10(7-17(16)23-2)14(20)9-15(21)12-8-11(18)4-5-13(12)19/h3-9,19-20H,1-2H3/b14-9-. The summed E-state index contributed by atoms with van der Waals surface area (Å²) < 4.78 is 10.3. The largest absolute Gasteiger partial charge is 0.507 e. The molecule has 0 radical (unpaired) electrons. The quantitative estimate of drug-likeness (QED) is 0.493. The summed E-state index contributed by atoms with van der Waals surface area (Å²) in [4.78, 5) is 12.2. The molecule has 0 atom stereocenters. The number of halogens is 1. The number of ether oxygens (including phenoxy) is 2. The third-order valence-electron chi connectivity index (χ3n) is 3.17. The van der Waals surface area contributed by atoms with E-state index in [1.807, 2.05) is 0 Å². The zero-order valence-electron chi connectivity index (χ0n) is 12.5. The van der Waals surface area contributed by atoms with Crippen molar-refractivity contribution in [2.45, 2.75) is 0 Å². The van der Waals surface area contributed by atoms with Gasteiger partial charge >= 0.3 is 0 Å². The maximum Gasteiger partial charge on any atom is 0.193 e. The van der Waals surface area contributed by atoms with Crippen molar-refractivity contribution in [1.82, 2.24) is 0 Å². The highest BCUT2D eigenvalue weighted by molar-refractivity contribution is 6.31. The normalized spacial score (nSPS) is 11.2. The van der Waals surface area contributed by atoms with Gasteiger partial charge in [0, 0.05) is 16.7 Å². The molecular formula is C17H15ClO5. The number of hydrogen-bond donors (Lipinski definition) is 2. The third kappa shape index (κ3) is 3.76. The summed E-state index contributed by atoms with van der Waals surface area (Å²) in [5.74, 6) is -0.130. The molecule has 120 valence electrons. The maximum absolute atomic E-state index is 12.2. The van der Waals surface area contributed by atoms with Crippen LogP contribution >= 0.6 is 11.6 Å². The van der Waals surface area contributed by atoms with Crippen molar-refractivity contribution >= 4 is 23.1 Å². The first-order valence-corrected chi connectivity index (χ1v) is 7.00. The van der Waals surface area contributed by atoms with E-state index < -0.39 is 5.78 Å². The summed E-state index contributed by atoms with van der Waals surface area (Å²) in [5.41, 5.74) is 0.377. The van der Waals surface area contributed by atoms with Gasteiger partial charge in [-0.15, -0.1) is 0 Å². The Hall–Kier alpha value is -2.66. The minimum atomic E-state index is -0.572. The Morgan fingerprint density at radius 3 is 2.43 bits per heavy atom. The number of benzene rings is 2. The lowest BCUT2D eigenvalue weighted by Crippen LogP contribution is -1.98. The molecule has 6 heteroatoms. The lowest BCUT2D eigenvalue weighted by atomic mass is 10.1. The highest BCUT2D eigenvalue weighted by atomic mass is 35.5. The van der Waals surface area contributed by atoms with Crippen LogP contribution in [0.15, 0.2) is 42.5 Å². The molecule has 2 aromatic carbocycles. The van der Waals surface area contributed by atoms with Gasteiger partial charge in [-0.2, -0.15) is 0 Å². The number of rotatable bonds is 5. The summed E-state index contributed by atoms with van der Waals surface area (Å²) >= 11 is 5.81. The molecule has 0 aliphatic carbocycles. The summed E-state index contributed by atoms with van der Waals surface area (Å²) in [6, 6.07) is 8.84. The summed E-state index contributed by atoms with van der Waals surface area (Å²) in [6.07, 6.45) is 1.01. The lowest BCUT2D eigenvalue weighted by Gasteiger charge is -2.09. The maximum atomic E-state index is 12.2. The molecule has 5 nitrogen and oxygen atoms in total. The number of aliphatic hydroxyl groups excluding tert-OH is 1. The van der Waals surface area contributed by atoms with Crippen LogP contribution < -0.4 is 9.47 Å². The zero-order chi connectivity index (χ0) is 17.0. The third-order valence-corrected chi connectivity index (χ3v) is 3.41. The van der Waals surface area contributed by atoms with Gasteiger partial charge in [-0.1, -0.05) is 11.6 Å². The van der Waals surface area contributed by atoms with Gasteiger partial charge < -0.3 is 19.7 Å². The summed E-state index contributed by atoms with van der Waals surface area (Å²) in [5, 5.41) is 20.1. The Kier molecular flexibility index (Phi) is 5.13. The van der Waals surface area contributed by atoms with E-state index in [9.17, 15) is 15.0 Å². The topological polar surface area (TPSA) is 76.0 Å². The molecule has 0 fully saturated rings. The van der Waals surface area contributed by atoms with Crippen molar-refractivity contribution in [2.75, 3.05) is 14.2 Å². The predicted octanol–water partition coefficient (Wildman–Crippen LogP) is 3.84. The number of phenolic OH excluding ortho intramolecular Hbond substituents is 1. The average Bonchev–Trinajstić information content (AvgIpc) is 2.56. The lowest BCUT2D eigenvalue weighted by molar-refractivity contribution is 0.104. The van der Waals surface area contributed by atoms with Crippen LogP contribution in [0.5, 0.6) is 17.2 Å². The van der Waals surface area contributed by atoms with Crippen molar-refractivity contribution in [3.8, 4) is 17.2 Å². The molecule has 0 saturated carbocycles. The van der Waals surface area contributed by atoms with E-state index in [0.717, 1.165) is 6.08 Å². The van der Waals surface area contributed by atoms with E-state index in [2.05, 4.69) is 0 Å². The highest BCUT2D eigenvalue weighted by Crippen LogP contribution is 2.30. The van der Waals surface area contributed by atoms with Gasteiger partial charge in [0.05, 0.1) is 19.8 Å². The number of hydrogen-bond acceptors (Lipinski definition) is 5. The van der Waals surface area contributed by atoms with E-state index in [-0.39, 0.29) is 17.1 Å². The first kappa shape index (κ1) is 16.7. The van der Waals surface area contributed by atoms with Crippen molar-refractivity contribution in [3.05, 3.63) is 58.6 Å². The van der Waals surface area contributed by atoms with E-state index in [0.29, 0.717) is 22.1 Å². The number of carbonyl (C=O) groups excluding carboxylic acids is 1. The number of methoxy groups -OCH3 is 2. The Bertz CT molecular complexity index is 768. The van der Waals surface area contributed by atoms with Gasteiger partial charge in [0.2, 0.25) is 0 Å². The number of ketones is 1. The van der Waals surface area contributed by atoms with E-state index in [4.69, 9.17) is 21.1 Å². The van der Waals surface area contributed by atoms with Crippen LogP contribution in [0.25, 0.3) is 5.76 Å². The molecule has 2 rings (SSSR count). The minimum Gasteiger partial charge on any atom is -0.507 e. The molecule has 0 heterocycles. The van der Waals surface area contributed by atoms with Crippen LogP contribution in [0.4, 0.5) is 0 Å². The van der Waals surface area contributed by atoms with Crippen LogP contribution in [0.2, 0.25) is 5.02 Å². The Labute approximate surface area is 138 Å². The van der Waals surface area contributed by atoms with Gasteiger partial charge in [0.1, 0.15) is 11.5 Å². The zero-order valence-corrected chi connectivity index (χ0v) is 13.3. The van der Waals surface area contributed by atoms with Gasteiger partial charge in [0.25, 0.3) is 0 Å². The van der Waals surface area contributed by atoms with Gasteiger partial charge in [-0.3, -0.25) is 4.79 Å². The van der Waals surface area contributed by atoms with Crippen molar-refractivity contribution < 1.29 is 24.5 Å². The second-order valence-electron chi connectivity index (χ2n) is 4.63. The molecular weight excluding hydrogens is 320 g/mol. The van der Waals surface area contributed by atoms with E-state index in [1.165, 1.54) is 38.5 Å². The van der Waals surface area contributed by atoms with Crippen molar-refractivity contribution in [3.63, 3.8) is 0 Å². The molecule has 0 bridgehead atoms. The molecule has 0 aliphatic rings. The second kappa shape index (κ2) is 7.07. The molecule has 2 aromatic rings. The fourth-order valence-electron chi connectivity index (χ4n) is 1.99. The predicted molar refractivity (Wildman–Crippen MR) is 87.6 cm³/mol. The number of phenols is 1. The first-order chi connectivity index (χ1) is 11.0. The van der Waals surface area contributed by atoms with Crippen LogP contribution in [-0.2, 0) is 0 Å². The van der Waals surface area contributed by atoms with Crippen LogP contribution in [-0.4, -0.2) is 30.2 Å². The number of allylic oxidation sites excluding steroid dienone is 1. The summed E-state index contributed by atoms with van der Waals surface area (Å²) in [6.45, 7) is 0. The molecule has 23 heavy (non-hydrogen) atoms. The molecule has 0 amide bonds. The van der Waals surface area contributed by atoms with Crippen LogP contribution in [0.3, 0.4) is 0 Å². The fraction of sp³-hybridized carbons (Fsp3) is 0.118. The number of aromatic hydroxyl groups is 1. The van der Waals surface area contributed by atoms with Gasteiger partial charge in [-0.05, 0) is 36.4 Å². The minimum absolute atomic E-state index is 0.00419. The molecule has 0 unspecified atom stereocenters. The molecule has 0 saturated heterocycles. The monoisotopic (exact) mass is 334 g/mol. The second-order valence-corrected chi connectivity index (χ2v) is 5.06. The van der Waals surface area contributed by atoms with Crippen molar-refractivity contribution in [2.24, 2.45) is 0 Å². The Morgan fingerprint density at radius 1 is 1.09 bits per heavy atom. The Morgan fingerprint density at radius 2 is 1.78 bits per heavy atom. The van der Waals surface area contributed by atoms with Gasteiger partial charge in [0.15, 0.2) is 17.3 Å². The highest BCUT2D eigenvalue weighted by Gasteiger charge is 2.13. The SMILES string of the molecule is COc1ccc(/C(O)=C/C(=O)c2cc(Cl)ccc2O)cc1OC. The van der Waals surface area contributed by atoms with Crippen LogP contribution in [0, 0.1) is 0 Å². The average molecular weight is 335 g/mol. The van der Waals surface area contributed by atoms with Gasteiger partial charge in [-0.25, -0.2) is 0 Å². The van der Waals surface area contributed by atoms with E-state index >= 15 is 0 Å². The molecule has 0 aliphatic heterocycles. The summed E-state index contributed by atoms with van der Waals surface area (Å²) in [7, 11) is 2.97. The van der Waals surface area contributed by atoms with E-state index in [1.54, 1.807) is 12.1 Å². The fourth-order valence-corrected chi connectivity index (χ4v) is 2.16. The molecule has 0 spiro atoms. The first-order valence-electron chi connectivity index (χ1n) is 6.62.